The third-order valence-electron chi connectivity index (χ3n) is 22.4. The van der Waals surface area contributed by atoms with Crippen LogP contribution in [0.25, 0.3) is 146 Å². The summed E-state index contributed by atoms with van der Waals surface area (Å²) < 4.78 is 0. The smallest absolute Gasteiger partial charge is 0.673 e. The van der Waals surface area contributed by atoms with Crippen LogP contribution in [0.1, 0.15) is 153 Å². The maximum absolute atomic E-state index is 5.66. The summed E-state index contributed by atoms with van der Waals surface area (Å²) in [5.74, 6) is 0.703. The van der Waals surface area contributed by atoms with Crippen molar-refractivity contribution in [2.75, 3.05) is 84.6 Å². The van der Waals surface area contributed by atoms with Crippen LogP contribution in [0, 0.1) is 18.2 Å². The standard InChI is InChI=1S/C38H34N2.2C36H30N2.6C2H6N.2Hf.Zr/c1-25(2)29-20-12-21-30(26(3)4)37(29)40-38(36-23-13-22-35(39-36)27-14-6-5-7-15-27)34-24-28-16-8-9-17-31(28)32-18-10-11-19-33(32)34;1-3-25-18-12-19-26(4-2)35(25)38-36(33-23-13-22-32(37-33)27-14-6-5-7-15-27)34-30-20-10-8-16-28(30)24-29-17-9-11-21-31(29)34;1-3-25-17-12-18-26(4-2)35(25)38-36(34-23-13-22-33(37-34)27-14-6-5-7-15-27)32-24-28-16-8-9-19-29(28)30-20-10-11-21-31(30)32;6*1-3-2;;;/h5-14,16-26,38H,1-4H3;2*5-14,16-24,36H,3-4H2,1-2H3;6*1-2H3;;;/q3*-2;6*-1;;;+3. The van der Waals surface area contributed by atoms with E-state index in [4.69, 9.17) is 30.9 Å². The Labute approximate surface area is 874 Å². The van der Waals surface area contributed by atoms with E-state index >= 15 is 0 Å². The van der Waals surface area contributed by atoms with Crippen LogP contribution in [0.4, 0.5) is 17.1 Å². The Morgan fingerprint density at radius 1 is 0.241 bits per heavy atom. The summed E-state index contributed by atoms with van der Waals surface area (Å²) >= 11 is 0. The SMILES string of the molecule is CC(C)c1cccc(C(C)C)c1[N-]C(c1cccc(-c2[c-]cccc2)n1)c1cc2ccccc2c2ccccc12.CCc1cccc(CC)c1[N-]C(c1cccc(-c2[c-]cccc2)n1)c1c2ccccc2cc2ccccc12.CCc1cccc(CC)c1[N-]C(c1cccc(-c2[c-]cccc2)n1)c1cc2ccccc2c2ccccc12.C[N-]C.C[N-]C.C[N-]C.C[N-]C.C[N-]C.C[N-]C.[Hf].[Hf].[Zr+3]. The van der Waals surface area contributed by atoms with Crippen molar-refractivity contribution in [1.29, 1.82) is 0 Å². The van der Waals surface area contributed by atoms with Gasteiger partial charge in [-0.2, -0.15) is 84.6 Å². The zero-order valence-corrected chi connectivity index (χ0v) is 93.1. The summed E-state index contributed by atoms with van der Waals surface area (Å²) in [4.78, 5) is 15.6. The molecule has 0 amide bonds. The fourth-order valence-electron chi connectivity index (χ4n) is 16.6. The molecule has 15 heteroatoms. The maximum Gasteiger partial charge on any atom is 3.00 e. The minimum atomic E-state index is -0.282. The molecule has 0 saturated carbocycles. The molecule has 0 N–H and O–H groups in total. The molecule has 0 bridgehead atoms. The van der Waals surface area contributed by atoms with Crippen LogP contribution in [0.5, 0.6) is 0 Å². The van der Waals surface area contributed by atoms with Crippen LogP contribution >= 0.6 is 0 Å². The molecule has 3 atom stereocenters. The van der Waals surface area contributed by atoms with E-state index in [1.807, 2.05) is 54.6 Å². The van der Waals surface area contributed by atoms with E-state index < -0.39 is 0 Å². The van der Waals surface area contributed by atoms with Crippen molar-refractivity contribution in [2.24, 2.45) is 0 Å². The third-order valence-corrected chi connectivity index (χ3v) is 22.4. The van der Waals surface area contributed by atoms with Crippen molar-refractivity contribution < 1.29 is 77.9 Å². The van der Waals surface area contributed by atoms with E-state index in [0.29, 0.717) is 11.8 Å². The van der Waals surface area contributed by atoms with Gasteiger partial charge in [0.15, 0.2) is 0 Å². The van der Waals surface area contributed by atoms with Gasteiger partial charge in [0, 0.05) is 68.8 Å². The molecule has 0 fully saturated rings. The number of rotatable bonds is 21. The van der Waals surface area contributed by atoms with E-state index in [9.17, 15) is 0 Å². The first-order valence-corrected chi connectivity index (χ1v) is 46.4. The number of fused-ring (bicyclic) bond motifs is 8. The van der Waals surface area contributed by atoms with Gasteiger partial charge < -0.3 is 62.8 Å². The van der Waals surface area contributed by atoms with Crippen molar-refractivity contribution >= 4 is 81.7 Å². The van der Waals surface area contributed by atoms with E-state index in [-0.39, 0.29) is 96.0 Å². The Bertz CT molecular complexity index is 6480. The summed E-state index contributed by atoms with van der Waals surface area (Å²) in [6.07, 6.45) is 3.73. The zero-order valence-electron chi connectivity index (χ0n) is 83.5. The van der Waals surface area contributed by atoms with Gasteiger partial charge in [-0.25, -0.2) is 0 Å². The van der Waals surface area contributed by atoms with Crippen molar-refractivity contribution in [3.8, 4) is 33.8 Å². The molecule has 18 rings (SSSR count). The second kappa shape index (κ2) is 60.1. The molecule has 0 saturated heterocycles. The van der Waals surface area contributed by atoms with Gasteiger partial charge in [-0.1, -0.05) is 337 Å². The van der Waals surface area contributed by atoms with Crippen LogP contribution in [-0.4, -0.2) is 99.5 Å². The predicted octanol–water partition coefficient (Wildman–Crippen LogP) is 34.2. The third kappa shape index (κ3) is 30.1. The first-order valence-electron chi connectivity index (χ1n) is 46.4. The number of pyridine rings is 3. The molecule has 699 valence electrons. The summed E-state index contributed by atoms with van der Waals surface area (Å²) in [6, 6.07) is 131. The number of hydrogen-bond acceptors (Lipinski definition) is 3. The van der Waals surface area contributed by atoms with Gasteiger partial charge in [-0.05, 0) is 178 Å². The monoisotopic (exact) mass is 2210 g/mol. The molecule has 3 heterocycles. The summed E-state index contributed by atoms with van der Waals surface area (Å²) in [7, 11) is 21.0. The molecule has 3 unspecified atom stereocenters. The summed E-state index contributed by atoms with van der Waals surface area (Å²) in [5.41, 5.74) is 22.9. The Morgan fingerprint density at radius 3 is 0.788 bits per heavy atom. The quantitative estimate of drug-likeness (QED) is 0.0303. The second-order valence-corrected chi connectivity index (χ2v) is 33.0. The van der Waals surface area contributed by atoms with Crippen molar-refractivity contribution in [3.63, 3.8) is 0 Å². The van der Waals surface area contributed by atoms with Crippen molar-refractivity contribution in [2.45, 2.75) is 111 Å². The summed E-state index contributed by atoms with van der Waals surface area (Å²) in [6.45, 7) is 17.8. The first-order chi connectivity index (χ1) is 65.5. The first kappa shape index (κ1) is 113. The fourth-order valence-corrected chi connectivity index (χ4v) is 16.6. The summed E-state index contributed by atoms with van der Waals surface area (Å²) in [5, 5.41) is 52.5. The van der Waals surface area contributed by atoms with Gasteiger partial charge in [-0.15, -0.1) is 125 Å². The van der Waals surface area contributed by atoms with E-state index in [2.05, 4.69) is 397 Å². The zero-order chi connectivity index (χ0) is 95.7. The largest absolute Gasteiger partial charge is 3.00 e. The van der Waals surface area contributed by atoms with Gasteiger partial charge in [-0.3, -0.25) is 0 Å². The van der Waals surface area contributed by atoms with E-state index in [1.54, 1.807) is 84.6 Å². The Kier molecular flexibility index (Phi) is 49.6. The molecular formula is C122H130Hf2N12Zr-9. The van der Waals surface area contributed by atoms with Crippen LogP contribution in [0.15, 0.2) is 346 Å². The van der Waals surface area contributed by atoms with Crippen molar-refractivity contribution in [1.82, 2.24) is 15.0 Å². The van der Waals surface area contributed by atoms with Gasteiger partial charge in [0.1, 0.15) is 0 Å². The van der Waals surface area contributed by atoms with Crippen LogP contribution in [0.2, 0.25) is 0 Å². The average Bonchev–Trinajstić information content (AvgIpc) is 0.764. The average molecular weight is 2210 g/mol. The number of para-hydroxylation sites is 3. The molecule has 12 nitrogen and oxygen atoms in total. The number of nitrogens with zero attached hydrogens (tertiary/aromatic N) is 12. The minimum Gasteiger partial charge on any atom is -0.673 e. The maximum atomic E-state index is 5.66. The second-order valence-electron chi connectivity index (χ2n) is 33.0. The fraction of sp³-hybridized carbons (Fsp3) is 0.238. The van der Waals surface area contributed by atoms with Gasteiger partial charge in [0.05, 0.1) is 0 Å². The molecule has 137 heavy (non-hydrogen) atoms. The molecule has 0 aliphatic heterocycles. The van der Waals surface area contributed by atoms with Gasteiger partial charge in [0.2, 0.25) is 0 Å². The topological polar surface area (TPSA) is 166 Å². The molecular weight excluding hydrogens is 2080 g/mol. The van der Waals surface area contributed by atoms with Gasteiger partial charge in [0.25, 0.3) is 0 Å². The predicted molar refractivity (Wildman–Crippen MR) is 581 cm³/mol. The van der Waals surface area contributed by atoms with Crippen molar-refractivity contribution in [3.05, 3.63) is 479 Å². The molecule has 0 aliphatic rings. The Balaban J connectivity index is 0.000000254. The molecule has 1 radical (unpaired) electrons. The number of aromatic nitrogens is 3. The Morgan fingerprint density at radius 2 is 0.489 bits per heavy atom. The minimum absolute atomic E-state index is 0. The number of hydrogen-bond donors (Lipinski definition) is 0. The molecule has 0 spiro atoms. The number of aryl methyl sites for hydroxylation is 4. The van der Waals surface area contributed by atoms with E-state index in [1.165, 1.54) is 115 Å². The number of benzene rings is 15. The normalized spacial score (nSPS) is 11.1. The van der Waals surface area contributed by atoms with Crippen LogP contribution < -0.4 is 0 Å². The molecule has 3 aromatic heterocycles. The van der Waals surface area contributed by atoms with Crippen LogP contribution in [0.3, 0.4) is 0 Å². The van der Waals surface area contributed by atoms with Crippen LogP contribution in [-0.2, 0) is 104 Å². The molecule has 15 aromatic carbocycles. The van der Waals surface area contributed by atoms with Gasteiger partial charge >= 0.3 is 26.2 Å². The van der Waals surface area contributed by atoms with E-state index in [0.717, 1.165) is 93.6 Å². The molecule has 18 aromatic rings. The molecule has 0 aliphatic carbocycles. The Hall–Kier alpha value is -10.9.